The minimum absolute atomic E-state index is 0.681. The van der Waals surface area contributed by atoms with Crippen molar-refractivity contribution in [3.63, 3.8) is 0 Å². The lowest BCUT2D eigenvalue weighted by molar-refractivity contribution is 0.816. The van der Waals surface area contributed by atoms with Gasteiger partial charge in [-0.25, -0.2) is 0 Å². The molecule has 0 saturated heterocycles. The summed E-state index contributed by atoms with van der Waals surface area (Å²) in [6, 6.07) is 8.13. The van der Waals surface area contributed by atoms with E-state index in [0.29, 0.717) is 5.56 Å². The second kappa shape index (κ2) is 5.96. The topological polar surface area (TPSA) is 61.6 Å². The van der Waals surface area contributed by atoms with E-state index >= 15 is 0 Å². The van der Waals surface area contributed by atoms with Gasteiger partial charge in [0.15, 0.2) is 4.34 Å². The van der Waals surface area contributed by atoms with Gasteiger partial charge in [-0.3, -0.25) is 0 Å². The van der Waals surface area contributed by atoms with Crippen molar-refractivity contribution in [2.24, 2.45) is 0 Å². The third-order valence-electron chi connectivity index (χ3n) is 2.25. The van der Waals surface area contributed by atoms with E-state index < -0.39 is 0 Å². The molecule has 0 atom stereocenters. The van der Waals surface area contributed by atoms with E-state index in [2.05, 4.69) is 21.6 Å². The molecule has 0 unspecified atom stereocenters. The van der Waals surface area contributed by atoms with E-state index in [9.17, 15) is 5.26 Å². The van der Waals surface area contributed by atoms with E-state index in [1.165, 1.54) is 23.1 Å². The summed E-state index contributed by atoms with van der Waals surface area (Å²) in [4.78, 5) is 0.925. The first-order valence-electron chi connectivity index (χ1n) is 5.38. The molecule has 1 aromatic heterocycles. The Morgan fingerprint density at radius 2 is 2.28 bits per heavy atom. The quantitative estimate of drug-likeness (QED) is 0.930. The number of nitrogens with one attached hydrogen (secondary N) is 1. The molecule has 92 valence electrons. The van der Waals surface area contributed by atoms with Crippen molar-refractivity contribution in [2.75, 3.05) is 7.05 Å². The van der Waals surface area contributed by atoms with Crippen LogP contribution in [0.3, 0.4) is 0 Å². The van der Waals surface area contributed by atoms with Gasteiger partial charge in [-0.1, -0.05) is 29.2 Å². The van der Waals surface area contributed by atoms with E-state index in [-0.39, 0.29) is 0 Å². The summed E-state index contributed by atoms with van der Waals surface area (Å²) in [6.45, 7) is 2.68. The Labute approximate surface area is 114 Å². The van der Waals surface area contributed by atoms with E-state index in [1.54, 1.807) is 0 Å². The van der Waals surface area contributed by atoms with Crippen LogP contribution < -0.4 is 5.32 Å². The Hall–Kier alpha value is -1.42. The molecule has 0 spiro atoms. The largest absolute Gasteiger partial charge is 0.316 e. The Balaban J connectivity index is 2.25. The molecule has 18 heavy (non-hydrogen) atoms. The Morgan fingerprint density at radius 3 is 2.89 bits per heavy atom. The van der Waals surface area contributed by atoms with Crippen LogP contribution in [-0.2, 0) is 6.54 Å². The highest BCUT2D eigenvalue weighted by molar-refractivity contribution is 8.01. The number of benzene rings is 1. The van der Waals surface area contributed by atoms with Gasteiger partial charge in [0.2, 0.25) is 0 Å². The molecule has 4 nitrogen and oxygen atoms in total. The van der Waals surface area contributed by atoms with Gasteiger partial charge in [0.25, 0.3) is 0 Å². The molecule has 0 saturated carbocycles. The van der Waals surface area contributed by atoms with Crippen LogP contribution in [0.5, 0.6) is 0 Å². The van der Waals surface area contributed by atoms with Crippen LogP contribution in [0.15, 0.2) is 27.4 Å². The highest BCUT2D eigenvalue weighted by Crippen LogP contribution is 2.32. The van der Waals surface area contributed by atoms with Gasteiger partial charge in [0.1, 0.15) is 11.1 Å². The van der Waals surface area contributed by atoms with E-state index in [0.717, 1.165) is 26.4 Å². The molecule has 0 fully saturated rings. The minimum Gasteiger partial charge on any atom is -0.316 e. The van der Waals surface area contributed by atoms with Gasteiger partial charge < -0.3 is 5.32 Å². The van der Waals surface area contributed by atoms with Crippen molar-refractivity contribution >= 4 is 23.1 Å². The molecular weight excluding hydrogens is 264 g/mol. The third kappa shape index (κ3) is 3.07. The molecule has 1 heterocycles. The van der Waals surface area contributed by atoms with Crippen LogP contribution in [-0.4, -0.2) is 17.2 Å². The molecule has 1 aromatic carbocycles. The first-order valence-corrected chi connectivity index (χ1v) is 7.02. The molecule has 1 N–H and O–H groups in total. The predicted octanol–water partition coefficient (Wildman–Crippen LogP) is 2.59. The monoisotopic (exact) mass is 276 g/mol. The highest BCUT2D eigenvalue weighted by Gasteiger charge is 2.08. The summed E-state index contributed by atoms with van der Waals surface area (Å²) in [6.07, 6.45) is 0. The first kappa shape index (κ1) is 13.0. The van der Waals surface area contributed by atoms with Crippen LogP contribution in [0, 0.1) is 18.3 Å². The zero-order valence-corrected chi connectivity index (χ0v) is 11.7. The summed E-state index contributed by atoms with van der Waals surface area (Å²) in [5, 5.41) is 21.2. The summed E-state index contributed by atoms with van der Waals surface area (Å²) >= 11 is 3.02. The summed E-state index contributed by atoms with van der Waals surface area (Å²) in [5.74, 6) is 0. The van der Waals surface area contributed by atoms with Crippen LogP contribution in [0.25, 0.3) is 0 Å². The fraction of sp³-hybridized carbons (Fsp3) is 0.250. The smallest absolute Gasteiger partial charge is 0.179 e. The van der Waals surface area contributed by atoms with Crippen molar-refractivity contribution in [2.45, 2.75) is 22.7 Å². The zero-order chi connectivity index (χ0) is 13.0. The maximum Gasteiger partial charge on any atom is 0.179 e. The van der Waals surface area contributed by atoms with Crippen LogP contribution in [0.1, 0.15) is 16.1 Å². The fourth-order valence-electron chi connectivity index (χ4n) is 1.48. The van der Waals surface area contributed by atoms with Crippen molar-refractivity contribution < 1.29 is 0 Å². The van der Waals surface area contributed by atoms with E-state index in [4.69, 9.17) is 0 Å². The van der Waals surface area contributed by atoms with Crippen molar-refractivity contribution in [1.82, 2.24) is 15.5 Å². The summed E-state index contributed by atoms with van der Waals surface area (Å²) in [5.41, 5.74) is 1.78. The average molecular weight is 276 g/mol. The second-order valence-electron chi connectivity index (χ2n) is 3.66. The van der Waals surface area contributed by atoms with Gasteiger partial charge in [0, 0.05) is 11.4 Å². The lowest BCUT2D eigenvalue weighted by Crippen LogP contribution is -2.05. The maximum atomic E-state index is 9.18. The number of nitriles is 1. The molecule has 0 aliphatic carbocycles. The number of aromatic nitrogens is 2. The maximum absolute atomic E-state index is 9.18. The molecule has 0 bridgehead atoms. The Kier molecular flexibility index (Phi) is 4.31. The lowest BCUT2D eigenvalue weighted by Gasteiger charge is -2.04. The normalized spacial score (nSPS) is 10.3. The molecule has 0 amide bonds. The molecule has 0 aliphatic rings. The van der Waals surface area contributed by atoms with Crippen LogP contribution >= 0.6 is 23.1 Å². The summed E-state index contributed by atoms with van der Waals surface area (Å²) < 4.78 is 0.866. The number of hydrogen-bond acceptors (Lipinski definition) is 6. The average Bonchev–Trinajstić information content (AvgIpc) is 2.77. The predicted molar refractivity (Wildman–Crippen MR) is 72.7 cm³/mol. The van der Waals surface area contributed by atoms with Gasteiger partial charge in [-0.2, -0.15) is 5.26 Å². The Morgan fingerprint density at radius 1 is 1.44 bits per heavy atom. The third-order valence-corrected chi connectivity index (χ3v) is 4.22. The van der Waals surface area contributed by atoms with Gasteiger partial charge in [0.05, 0.1) is 5.56 Å². The second-order valence-corrected chi connectivity index (χ2v) is 6.13. The molecule has 2 rings (SSSR count). The van der Waals surface area contributed by atoms with Crippen LogP contribution in [0.2, 0.25) is 0 Å². The number of hydrogen-bond donors (Lipinski definition) is 1. The first-order chi connectivity index (χ1) is 8.72. The zero-order valence-electron chi connectivity index (χ0n) is 10.1. The minimum atomic E-state index is 0.681. The van der Waals surface area contributed by atoms with Crippen LogP contribution in [0.4, 0.5) is 0 Å². The molecule has 0 radical (unpaired) electrons. The molecular formula is C12H12N4S2. The SMILES string of the molecule is CNCc1ccc(Sc2nnc(C)s2)c(C#N)c1. The fourth-order valence-corrected chi connectivity index (χ4v) is 3.32. The number of aryl methyl sites for hydroxylation is 1. The van der Waals surface area contributed by atoms with E-state index in [1.807, 2.05) is 32.2 Å². The summed E-state index contributed by atoms with van der Waals surface area (Å²) in [7, 11) is 1.89. The molecule has 6 heteroatoms. The molecule has 2 aromatic rings. The molecule has 0 aliphatic heterocycles. The Bertz CT molecular complexity index is 586. The van der Waals surface area contributed by atoms with Gasteiger partial charge in [-0.15, -0.1) is 10.2 Å². The highest BCUT2D eigenvalue weighted by atomic mass is 32.2. The standard InChI is InChI=1S/C12H12N4S2/c1-8-15-16-12(17-8)18-11-4-3-9(7-14-2)5-10(11)6-13/h3-5,14H,7H2,1-2H3. The van der Waals surface area contributed by atoms with Crippen molar-refractivity contribution in [3.05, 3.63) is 34.3 Å². The van der Waals surface area contributed by atoms with Crippen molar-refractivity contribution in [3.8, 4) is 6.07 Å². The number of nitrogens with zero attached hydrogens (tertiary/aromatic N) is 3. The van der Waals surface area contributed by atoms with Gasteiger partial charge >= 0.3 is 0 Å². The van der Waals surface area contributed by atoms with Crippen molar-refractivity contribution in [1.29, 1.82) is 5.26 Å². The lowest BCUT2D eigenvalue weighted by atomic mass is 10.1. The van der Waals surface area contributed by atoms with Gasteiger partial charge in [-0.05, 0) is 31.7 Å². The number of rotatable bonds is 4.